The predicted octanol–water partition coefficient (Wildman–Crippen LogP) is 1.20. The monoisotopic (exact) mass is 391 g/mol. The summed E-state index contributed by atoms with van der Waals surface area (Å²) in [6.07, 6.45) is 7.39. The van der Waals surface area contributed by atoms with Crippen molar-refractivity contribution in [3.63, 3.8) is 0 Å². The van der Waals surface area contributed by atoms with Gasteiger partial charge in [-0.2, -0.15) is 12.7 Å². The van der Waals surface area contributed by atoms with Crippen molar-refractivity contribution >= 4 is 16.1 Å². The minimum atomic E-state index is -3.81. The lowest BCUT2D eigenvalue weighted by Crippen LogP contribution is -2.47. The lowest BCUT2D eigenvalue weighted by Gasteiger charge is -2.24. The van der Waals surface area contributed by atoms with Crippen LogP contribution in [-0.4, -0.2) is 56.8 Å². The number of hydrogen-bond donors (Lipinski definition) is 1. The van der Waals surface area contributed by atoms with Crippen molar-refractivity contribution in [1.82, 2.24) is 13.9 Å². The summed E-state index contributed by atoms with van der Waals surface area (Å²) in [6.45, 7) is 1.58. The van der Waals surface area contributed by atoms with Gasteiger partial charge in [0.25, 0.3) is 0 Å². The van der Waals surface area contributed by atoms with Crippen LogP contribution in [0.1, 0.15) is 47.1 Å². The molecule has 4 rings (SSSR count). The Morgan fingerprint density at radius 2 is 1.81 bits per heavy atom. The molecule has 2 aliphatic carbocycles. The third kappa shape index (κ3) is 3.65. The molecule has 3 aliphatic rings. The Labute approximate surface area is 162 Å². The first-order valence-electron chi connectivity index (χ1n) is 9.97. The van der Waals surface area contributed by atoms with Gasteiger partial charge >= 0.3 is 10.2 Å². The van der Waals surface area contributed by atoms with Gasteiger partial charge in [-0.25, -0.2) is 4.72 Å². The van der Waals surface area contributed by atoms with Crippen LogP contribution in [0.5, 0.6) is 0 Å². The molecule has 1 unspecified atom stereocenters. The number of nitrogens with zero attached hydrogens (tertiary/aromatic N) is 2. The van der Waals surface area contributed by atoms with Gasteiger partial charge < -0.3 is 4.90 Å². The third-order valence-electron chi connectivity index (χ3n) is 6.44. The van der Waals surface area contributed by atoms with E-state index in [4.69, 9.17) is 0 Å². The van der Waals surface area contributed by atoms with E-state index in [1.807, 2.05) is 7.05 Å². The van der Waals surface area contributed by atoms with Crippen LogP contribution in [0.4, 0.5) is 0 Å². The predicted molar refractivity (Wildman–Crippen MR) is 105 cm³/mol. The topological polar surface area (TPSA) is 69.7 Å². The molecule has 1 atom stereocenters. The zero-order chi connectivity index (χ0) is 19.2. The number of carbonyl (C=O) groups is 1. The second-order valence-corrected chi connectivity index (χ2v) is 10.00. The molecule has 1 aliphatic heterocycles. The van der Waals surface area contributed by atoms with Crippen molar-refractivity contribution in [2.24, 2.45) is 0 Å². The van der Waals surface area contributed by atoms with E-state index in [1.165, 1.54) is 26.6 Å². The summed E-state index contributed by atoms with van der Waals surface area (Å²) in [5.74, 6) is -0.414. The van der Waals surface area contributed by atoms with E-state index < -0.39 is 16.1 Å². The van der Waals surface area contributed by atoms with Crippen LogP contribution in [0.15, 0.2) is 6.07 Å². The smallest absolute Gasteiger partial charge is 0.303 e. The molecule has 7 heteroatoms. The minimum absolute atomic E-state index is 0.0782. The molecule has 27 heavy (non-hydrogen) atoms. The standard InChI is InChI=1S/C20H29N3O3S/c1-22-10-9-16(13-22)23(2)27(25,26)21-20(24)12-19-17-7-3-5-14(17)11-15-6-4-8-18(15)19/h11,16H,3-10,12-13H2,1-2H3,(H,21,24). The number of carbonyl (C=O) groups excluding carboxylic acids is 1. The molecule has 148 valence electrons. The molecule has 0 spiro atoms. The molecule has 1 aromatic rings. The van der Waals surface area contributed by atoms with E-state index in [-0.39, 0.29) is 12.5 Å². The average Bonchev–Trinajstić information content (AvgIpc) is 3.33. The summed E-state index contributed by atoms with van der Waals surface area (Å²) in [5.41, 5.74) is 6.44. The highest BCUT2D eigenvalue weighted by Crippen LogP contribution is 2.35. The Morgan fingerprint density at radius 3 is 2.37 bits per heavy atom. The first-order valence-corrected chi connectivity index (χ1v) is 11.4. The summed E-state index contributed by atoms with van der Waals surface area (Å²) < 4.78 is 29.0. The number of aryl methyl sites for hydroxylation is 2. The normalized spacial score (nSPS) is 22.3. The van der Waals surface area contributed by atoms with Gasteiger partial charge in [0.05, 0.1) is 6.42 Å². The molecule has 1 aromatic carbocycles. The number of benzene rings is 1. The van der Waals surface area contributed by atoms with Crippen molar-refractivity contribution in [2.75, 3.05) is 27.2 Å². The van der Waals surface area contributed by atoms with E-state index >= 15 is 0 Å². The number of nitrogens with one attached hydrogen (secondary N) is 1. The summed E-state index contributed by atoms with van der Waals surface area (Å²) in [6, 6.07) is 2.25. The fourth-order valence-corrected chi connectivity index (χ4v) is 6.03. The lowest BCUT2D eigenvalue weighted by molar-refractivity contribution is -0.118. The molecule has 0 radical (unpaired) electrons. The summed E-state index contributed by atoms with van der Waals surface area (Å²) >= 11 is 0. The molecule has 0 bridgehead atoms. The van der Waals surface area contributed by atoms with Gasteiger partial charge in [0.2, 0.25) is 5.91 Å². The van der Waals surface area contributed by atoms with Gasteiger partial charge in [0.15, 0.2) is 0 Å². The lowest BCUT2D eigenvalue weighted by atomic mass is 9.92. The Kier molecular flexibility index (Phi) is 5.03. The highest BCUT2D eigenvalue weighted by Gasteiger charge is 2.32. The van der Waals surface area contributed by atoms with Crippen molar-refractivity contribution in [3.05, 3.63) is 33.9 Å². The van der Waals surface area contributed by atoms with Crippen molar-refractivity contribution < 1.29 is 13.2 Å². The van der Waals surface area contributed by atoms with Crippen molar-refractivity contribution in [3.8, 4) is 0 Å². The maximum atomic E-state index is 12.7. The Balaban J connectivity index is 1.50. The van der Waals surface area contributed by atoms with Crippen LogP contribution in [0.25, 0.3) is 0 Å². The summed E-state index contributed by atoms with van der Waals surface area (Å²) in [7, 11) is -0.259. The number of rotatable bonds is 5. The molecular formula is C20H29N3O3S. The Bertz CT molecular complexity index is 833. The fourth-order valence-electron chi connectivity index (χ4n) is 4.97. The molecule has 6 nitrogen and oxygen atoms in total. The van der Waals surface area contributed by atoms with Gasteiger partial charge in [-0.15, -0.1) is 0 Å². The van der Waals surface area contributed by atoms with Gasteiger partial charge in [0, 0.05) is 19.6 Å². The second-order valence-electron chi connectivity index (χ2n) is 8.27. The van der Waals surface area contributed by atoms with Crippen molar-refractivity contribution in [1.29, 1.82) is 0 Å². The van der Waals surface area contributed by atoms with E-state index in [0.717, 1.165) is 57.1 Å². The van der Waals surface area contributed by atoms with Crippen molar-refractivity contribution in [2.45, 2.75) is 57.4 Å². The zero-order valence-electron chi connectivity index (χ0n) is 16.3. The van der Waals surface area contributed by atoms with Gasteiger partial charge in [-0.3, -0.25) is 4.79 Å². The number of hydrogen-bond acceptors (Lipinski definition) is 4. The van der Waals surface area contributed by atoms with Gasteiger partial charge in [-0.1, -0.05) is 6.07 Å². The van der Waals surface area contributed by atoms with Gasteiger partial charge in [-0.05, 0) is 86.4 Å². The van der Waals surface area contributed by atoms with Crippen LogP contribution < -0.4 is 4.72 Å². The second kappa shape index (κ2) is 7.18. The quantitative estimate of drug-likeness (QED) is 0.819. The van der Waals surface area contributed by atoms with Crippen LogP contribution in [0.2, 0.25) is 0 Å². The molecule has 1 saturated heterocycles. The minimum Gasteiger partial charge on any atom is -0.305 e. The number of likely N-dealkylation sites (tertiary alicyclic amines) is 1. The Hall–Kier alpha value is -1.44. The largest absolute Gasteiger partial charge is 0.305 e. The van der Waals surface area contributed by atoms with Gasteiger partial charge in [0.1, 0.15) is 0 Å². The first-order chi connectivity index (χ1) is 12.8. The van der Waals surface area contributed by atoms with E-state index in [0.29, 0.717) is 6.54 Å². The van der Waals surface area contributed by atoms with Crippen LogP contribution in [0.3, 0.4) is 0 Å². The van der Waals surface area contributed by atoms with Crippen LogP contribution >= 0.6 is 0 Å². The number of amides is 1. The molecule has 1 N–H and O–H groups in total. The Morgan fingerprint density at radius 1 is 1.19 bits per heavy atom. The molecular weight excluding hydrogens is 362 g/mol. The van der Waals surface area contributed by atoms with E-state index in [2.05, 4.69) is 15.7 Å². The molecule has 1 heterocycles. The SMILES string of the molecule is CN1CCC(N(C)S(=O)(=O)NC(=O)Cc2c3c(cc4c2CCC4)CCC3)C1. The summed E-state index contributed by atoms with van der Waals surface area (Å²) in [5, 5.41) is 0. The molecule has 0 saturated carbocycles. The highest BCUT2D eigenvalue weighted by molar-refractivity contribution is 7.87. The highest BCUT2D eigenvalue weighted by atomic mass is 32.2. The maximum Gasteiger partial charge on any atom is 0.303 e. The number of likely N-dealkylation sites (N-methyl/N-ethyl adjacent to an activating group) is 2. The summed E-state index contributed by atoms with van der Waals surface area (Å²) in [4.78, 5) is 14.8. The molecule has 0 aromatic heterocycles. The molecule has 1 fully saturated rings. The molecule has 1 amide bonds. The zero-order valence-corrected chi connectivity index (χ0v) is 17.1. The number of fused-ring (bicyclic) bond motifs is 2. The maximum absolute atomic E-state index is 12.7. The third-order valence-corrected chi connectivity index (χ3v) is 7.98. The van der Waals surface area contributed by atoms with E-state index in [9.17, 15) is 13.2 Å². The fraction of sp³-hybridized carbons (Fsp3) is 0.650. The van der Waals surface area contributed by atoms with E-state index in [1.54, 1.807) is 7.05 Å². The van der Waals surface area contributed by atoms with Crippen LogP contribution in [0, 0.1) is 0 Å². The average molecular weight is 392 g/mol. The first kappa shape index (κ1) is 18.9. The van der Waals surface area contributed by atoms with Crippen LogP contribution in [-0.2, 0) is 47.1 Å².